The van der Waals surface area contributed by atoms with Crippen LogP contribution in [0.15, 0.2) is 89.8 Å². The van der Waals surface area contributed by atoms with E-state index in [1.54, 1.807) is 12.1 Å². The van der Waals surface area contributed by atoms with Crippen molar-refractivity contribution in [1.29, 1.82) is 0 Å². The molecule has 0 unspecified atom stereocenters. The number of sulfonamides is 1. The maximum absolute atomic E-state index is 12.8. The van der Waals surface area contributed by atoms with Gasteiger partial charge in [0.25, 0.3) is 0 Å². The SMILES string of the molecule is Cc1ccc(S(=O)(=O)N[C@@H](Cc2ccccc2)C(=O)OCc2ccccc2)cc1. The van der Waals surface area contributed by atoms with E-state index in [0.717, 1.165) is 16.7 Å². The van der Waals surface area contributed by atoms with Crippen molar-refractivity contribution in [2.24, 2.45) is 0 Å². The molecule has 5 nitrogen and oxygen atoms in total. The molecule has 0 aliphatic rings. The fourth-order valence-electron chi connectivity index (χ4n) is 2.82. The van der Waals surface area contributed by atoms with E-state index in [9.17, 15) is 13.2 Å². The predicted molar refractivity (Wildman–Crippen MR) is 112 cm³/mol. The van der Waals surface area contributed by atoms with Gasteiger partial charge < -0.3 is 4.74 Å². The summed E-state index contributed by atoms with van der Waals surface area (Å²) in [4.78, 5) is 12.8. The Morgan fingerprint density at radius 1 is 0.862 bits per heavy atom. The van der Waals surface area contributed by atoms with Gasteiger partial charge in [0.05, 0.1) is 4.90 Å². The number of nitrogens with one attached hydrogen (secondary N) is 1. The lowest BCUT2D eigenvalue weighted by atomic mass is 10.1. The van der Waals surface area contributed by atoms with Crippen LogP contribution in [-0.2, 0) is 32.6 Å². The highest BCUT2D eigenvalue weighted by Crippen LogP contribution is 2.13. The minimum atomic E-state index is -3.88. The van der Waals surface area contributed by atoms with E-state index in [1.807, 2.05) is 67.6 Å². The van der Waals surface area contributed by atoms with E-state index in [1.165, 1.54) is 12.1 Å². The Morgan fingerprint density at radius 2 is 1.41 bits per heavy atom. The first kappa shape index (κ1) is 20.8. The Hall–Kier alpha value is -2.96. The summed E-state index contributed by atoms with van der Waals surface area (Å²) in [6, 6.07) is 23.9. The second kappa shape index (κ2) is 9.49. The number of ether oxygens (including phenoxy) is 1. The van der Waals surface area contributed by atoms with E-state index in [4.69, 9.17) is 4.74 Å². The van der Waals surface area contributed by atoms with Crippen LogP contribution >= 0.6 is 0 Å². The summed E-state index contributed by atoms with van der Waals surface area (Å²) in [5, 5.41) is 0. The molecule has 0 aliphatic heterocycles. The third-order valence-corrected chi connectivity index (χ3v) is 5.91. The monoisotopic (exact) mass is 409 g/mol. The average Bonchev–Trinajstić information content (AvgIpc) is 2.73. The van der Waals surface area contributed by atoms with Gasteiger partial charge in [0.1, 0.15) is 12.6 Å². The number of hydrogen-bond donors (Lipinski definition) is 1. The Balaban J connectivity index is 1.78. The van der Waals surface area contributed by atoms with Crippen molar-refractivity contribution in [1.82, 2.24) is 4.72 Å². The molecule has 3 aromatic carbocycles. The van der Waals surface area contributed by atoms with Crippen molar-refractivity contribution in [3.63, 3.8) is 0 Å². The van der Waals surface area contributed by atoms with Crippen LogP contribution in [-0.4, -0.2) is 20.4 Å². The Morgan fingerprint density at radius 3 is 2.00 bits per heavy atom. The Bertz CT molecular complexity index is 1030. The maximum atomic E-state index is 12.8. The molecule has 0 fully saturated rings. The van der Waals surface area contributed by atoms with Gasteiger partial charge >= 0.3 is 5.97 Å². The molecule has 6 heteroatoms. The topological polar surface area (TPSA) is 72.5 Å². The lowest BCUT2D eigenvalue weighted by Crippen LogP contribution is -2.43. The second-order valence-corrected chi connectivity index (χ2v) is 8.48. The van der Waals surface area contributed by atoms with E-state index >= 15 is 0 Å². The van der Waals surface area contributed by atoms with Gasteiger partial charge in [0.2, 0.25) is 10.0 Å². The third-order valence-electron chi connectivity index (χ3n) is 4.42. The largest absolute Gasteiger partial charge is 0.460 e. The summed E-state index contributed by atoms with van der Waals surface area (Å²) < 4.78 is 33.5. The number of benzene rings is 3. The van der Waals surface area contributed by atoms with Crippen molar-refractivity contribution in [3.05, 3.63) is 102 Å². The van der Waals surface area contributed by atoms with Gasteiger partial charge in [-0.2, -0.15) is 4.72 Å². The van der Waals surface area contributed by atoms with Crippen molar-refractivity contribution in [2.75, 3.05) is 0 Å². The molecule has 0 radical (unpaired) electrons. The summed E-state index contributed by atoms with van der Waals surface area (Å²) in [5.74, 6) is -0.617. The molecule has 0 aromatic heterocycles. The van der Waals surface area contributed by atoms with Gasteiger partial charge in [-0.3, -0.25) is 4.79 Å². The molecule has 3 rings (SSSR count). The van der Waals surface area contributed by atoms with Crippen LogP contribution in [0.5, 0.6) is 0 Å². The van der Waals surface area contributed by atoms with E-state index in [0.29, 0.717) is 0 Å². The summed E-state index contributed by atoms with van der Waals surface area (Å²) in [6.45, 7) is 1.96. The summed E-state index contributed by atoms with van der Waals surface area (Å²) in [6.07, 6.45) is 0.194. The highest BCUT2D eigenvalue weighted by molar-refractivity contribution is 7.89. The van der Waals surface area contributed by atoms with Gasteiger partial charge in [-0.05, 0) is 36.6 Å². The molecule has 0 aliphatic carbocycles. The number of carbonyl (C=O) groups excluding carboxylic acids is 1. The molecule has 1 N–H and O–H groups in total. The number of esters is 1. The van der Waals surface area contributed by atoms with Crippen molar-refractivity contribution in [2.45, 2.75) is 30.9 Å². The molecule has 3 aromatic rings. The third kappa shape index (κ3) is 6.01. The van der Waals surface area contributed by atoms with Crippen LogP contribution in [0.2, 0.25) is 0 Å². The molecule has 29 heavy (non-hydrogen) atoms. The Kier molecular flexibility index (Phi) is 6.80. The summed E-state index contributed by atoms with van der Waals surface area (Å²) in [5.41, 5.74) is 2.62. The van der Waals surface area contributed by atoms with Crippen LogP contribution in [0.1, 0.15) is 16.7 Å². The number of hydrogen-bond acceptors (Lipinski definition) is 4. The van der Waals surface area contributed by atoms with E-state index in [2.05, 4.69) is 4.72 Å². The lowest BCUT2D eigenvalue weighted by Gasteiger charge is -2.18. The van der Waals surface area contributed by atoms with Crippen LogP contribution in [0.3, 0.4) is 0 Å². The molecular formula is C23H23NO4S. The van der Waals surface area contributed by atoms with Gasteiger partial charge in [0, 0.05) is 0 Å². The average molecular weight is 410 g/mol. The molecular weight excluding hydrogens is 386 g/mol. The van der Waals surface area contributed by atoms with E-state index in [-0.39, 0.29) is 17.9 Å². The first-order valence-electron chi connectivity index (χ1n) is 9.27. The first-order chi connectivity index (χ1) is 13.9. The maximum Gasteiger partial charge on any atom is 0.324 e. The summed E-state index contributed by atoms with van der Waals surface area (Å²) in [7, 11) is -3.88. The quantitative estimate of drug-likeness (QED) is 0.577. The van der Waals surface area contributed by atoms with Crippen LogP contribution in [0.4, 0.5) is 0 Å². The molecule has 0 bridgehead atoms. The fourth-order valence-corrected chi connectivity index (χ4v) is 4.01. The van der Waals surface area contributed by atoms with Crippen molar-refractivity contribution < 1.29 is 17.9 Å². The molecule has 0 saturated carbocycles. The smallest absolute Gasteiger partial charge is 0.324 e. The second-order valence-electron chi connectivity index (χ2n) is 6.77. The predicted octanol–water partition coefficient (Wildman–Crippen LogP) is 3.63. The zero-order valence-electron chi connectivity index (χ0n) is 16.1. The molecule has 0 amide bonds. The molecule has 0 spiro atoms. The zero-order chi connectivity index (χ0) is 20.7. The molecule has 0 heterocycles. The number of aryl methyl sites for hydroxylation is 1. The highest BCUT2D eigenvalue weighted by atomic mass is 32.2. The molecule has 150 valence electrons. The van der Waals surface area contributed by atoms with Crippen LogP contribution in [0.25, 0.3) is 0 Å². The molecule has 0 saturated heterocycles. The zero-order valence-corrected chi connectivity index (χ0v) is 16.9. The van der Waals surface area contributed by atoms with Crippen LogP contribution < -0.4 is 4.72 Å². The minimum absolute atomic E-state index is 0.0806. The molecule has 1 atom stereocenters. The summed E-state index contributed by atoms with van der Waals surface area (Å²) >= 11 is 0. The lowest BCUT2D eigenvalue weighted by molar-refractivity contribution is -0.147. The standard InChI is InChI=1S/C23H23NO4S/c1-18-12-14-21(15-13-18)29(26,27)24-22(16-19-8-4-2-5-9-19)23(25)28-17-20-10-6-3-7-11-20/h2-15,22,24H,16-17H2,1H3/t22-/m0/s1. The Labute approximate surface area is 171 Å². The van der Waals surface area contributed by atoms with Crippen molar-refractivity contribution >= 4 is 16.0 Å². The number of carbonyl (C=O) groups is 1. The fraction of sp³-hybridized carbons (Fsp3) is 0.174. The van der Waals surface area contributed by atoms with Gasteiger partial charge in [-0.25, -0.2) is 8.42 Å². The number of rotatable bonds is 8. The van der Waals surface area contributed by atoms with E-state index < -0.39 is 22.0 Å². The van der Waals surface area contributed by atoms with Gasteiger partial charge in [-0.1, -0.05) is 78.4 Å². The van der Waals surface area contributed by atoms with Gasteiger partial charge in [0.15, 0.2) is 0 Å². The van der Waals surface area contributed by atoms with Gasteiger partial charge in [-0.15, -0.1) is 0 Å². The normalized spacial score (nSPS) is 12.3. The first-order valence-corrected chi connectivity index (χ1v) is 10.8. The highest BCUT2D eigenvalue weighted by Gasteiger charge is 2.27. The van der Waals surface area contributed by atoms with Crippen molar-refractivity contribution in [3.8, 4) is 0 Å². The minimum Gasteiger partial charge on any atom is -0.460 e. The van der Waals surface area contributed by atoms with Crippen LogP contribution in [0, 0.1) is 6.92 Å².